The molecule has 1 aromatic rings. The third-order valence-corrected chi connectivity index (χ3v) is 5.20. The van der Waals surface area contributed by atoms with Crippen molar-refractivity contribution in [3.8, 4) is 0 Å². The van der Waals surface area contributed by atoms with E-state index in [1.807, 2.05) is 30.3 Å². The highest BCUT2D eigenvalue weighted by Gasteiger charge is 2.46. The number of ether oxygens (including phenoxy) is 1. The Kier molecular flexibility index (Phi) is 6.82. The summed E-state index contributed by atoms with van der Waals surface area (Å²) in [5, 5.41) is 5.82. The van der Waals surface area contributed by atoms with Gasteiger partial charge in [-0.25, -0.2) is 0 Å². The van der Waals surface area contributed by atoms with Crippen LogP contribution in [0, 0.1) is 0 Å². The van der Waals surface area contributed by atoms with Crippen LogP contribution in [0.25, 0.3) is 0 Å². The second-order valence-corrected chi connectivity index (χ2v) is 7.47. The lowest BCUT2D eigenvalue weighted by atomic mass is 10.0. The van der Waals surface area contributed by atoms with Crippen LogP contribution in [0.4, 0.5) is 0 Å². The molecule has 1 heterocycles. The second-order valence-electron chi connectivity index (χ2n) is 7.47. The number of nitrogens with zero attached hydrogens (tertiary/aromatic N) is 1. The number of morpholine rings is 1. The van der Waals surface area contributed by atoms with Gasteiger partial charge in [-0.15, -0.1) is 0 Å². The lowest BCUT2D eigenvalue weighted by Gasteiger charge is -2.26. The Hall–Kier alpha value is -1.96. The maximum Gasteiger partial charge on any atom is 0.242 e. The lowest BCUT2D eigenvalue weighted by molar-refractivity contribution is -0.130. The molecule has 2 aliphatic rings. The van der Waals surface area contributed by atoms with Crippen LogP contribution >= 0.6 is 0 Å². The molecular formula is C20H30N4O3. The molecule has 0 spiro atoms. The van der Waals surface area contributed by atoms with Crippen LogP contribution in [0.5, 0.6) is 0 Å². The van der Waals surface area contributed by atoms with E-state index in [0.29, 0.717) is 25.8 Å². The summed E-state index contributed by atoms with van der Waals surface area (Å²) in [5.41, 5.74) is 6.20. The van der Waals surface area contributed by atoms with Crippen molar-refractivity contribution >= 4 is 11.8 Å². The Labute approximate surface area is 160 Å². The van der Waals surface area contributed by atoms with Crippen molar-refractivity contribution in [2.75, 3.05) is 39.4 Å². The van der Waals surface area contributed by atoms with Gasteiger partial charge in [-0.2, -0.15) is 0 Å². The summed E-state index contributed by atoms with van der Waals surface area (Å²) in [6, 6.07) is 9.10. The number of carbonyl (C=O) groups is 2. The van der Waals surface area contributed by atoms with Crippen LogP contribution in [0.15, 0.2) is 30.3 Å². The van der Waals surface area contributed by atoms with Crippen molar-refractivity contribution in [1.29, 1.82) is 0 Å². The summed E-state index contributed by atoms with van der Waals surface area (Å²) in [7, 11) is 0. The van der Waals surface area contributed by atoms with Gasteiger partial charge in [-0.05, 0) is 31.4 Å². The van der Waals surface area contributed by atoms with E-state index in [-0.39, 0.29) is 11.8 Å². The normalized spacial score (nSPS) is 19.9. The molecule has 0 bridgehead atoms. The van der Waals surface area contributed by atoms with Crippen LogP contribution in [-0.4, -0.2) is 67.7 Å². The standard InChI is InChI=1S/C20H30N4O3/c21-20(7-8-20)19(26)23-17(15-16-5-2-1-3-6-16)18(25)22-9-4-10-24-11-13-27-14-12-24/h1-3,5-6,17H,4,7-15,21H2,(H,22,25)(H,23,26)/t17-/m1/s1. The molecule has 2 fully saturated rings. The van der Waals surface area contributed by atoms with E-state index in [2.05, 4.69) is 15.5 Å². The number of benzene rings is 1. The summed E-state index contributed by atoms with van der Waals surface area (Å²) in [6.07, 6.45) is 2.69. The van der Waals surface area contributed by atoms with Crippen molar-refractivity contribution in [3.63, 3.8) is 0 Å². The first kappa shape index (κ1) is 19.8. The molecule has 1 atom stereocenters. The predicted molar refractivity (Wildman–Crippen MR) is 103 cm³/mol. The first-order valence-electron chi connectivity index (χ1n) is 9.78. The largest absolute Gasteiger partial charge is 0.379 e. The fourth-order valence-corrected chi connectivity index (χ4v) is 3.18. The minimum absolute atomic E-state index is 0.154. The Bertz CT molecular complexity index is 627. The Morgan fingerprint density at radius 2 is 1.89 bits per heavy atom. The quantitative estimate of drug-likeness (QED) is 0.531. The fourth-order valence-electron chi connectivity index (χ4n) is 3.18. The van der Waals surface area contributed by atoms with E-state index < -0.39 is 11.6 Å². The van der Waals surface area contributed by atoms with Gasteiger partial charge in [0.15, 0.2) is 0 Å². The zero-order chi connectivity index (χ0) is 19.1. The van der Waals surface area contributed by atoms with Crippen LogP contribution in [-0.2, 0) is 20.7 Å². The molecule has 1 saturated carbocycles. The number of amides is 2. The average molecular weight is 374 g/mol. The van der Waals surface area contributed by atoms with Crippen LogP contribution in [0.2, 0.25) is 0 Å². The lowest BCUT2D eigenvalue weighted by Crippen LogP contribution is -2.53. The van der Waals surface area contributed by atoms with Crippen molar-refractivity contribution in [2.45, 2.75) is 37.3 Å². The second kappa shape index (κ2) is 9.30. The molecule has 0 radical (unpaired) electrons. The van der Waals surface area contributed by atoms with E-state index in [1.54, 1.807) is 0 Å². The summed E-state index contributed by atoms with van der Waals surface area (Å²) >= 11 is 0. The first-order valence-corrected chi connectivity index (χ1v) is 9.78. The SMILES string of the molecule is NC1(C(=O)N[C@H](Cc2ccccc2)C(=O)NCCCN2CCOCC2)CC1. The number of hydrogen-bond acceptors (Lipinski definition) is 5. The number of nitrogens with one attached hydrogen (secondary N) is 2. The molecular weight excluding hydrogens is 344 g/mol. The van der Waals surface area contributed by atoms with Crippen molar-refractivity contribution < 1.29 is 14.3 Å². The van der Waals surface area contributed by atoms with Crippen LogP contribution < -0.4 is 16.4 Å². The van der Waals surface area contributed by atoms with Gasteiger partial charge in [0.25, 0.3) is 0 Å². The monoisotopic (exact) mass is 374 g/mol. The Balaban J connectivity index is 1.49. The van der Waals surface area contributed by atoms with E-state index >= 15 is 0 Å². The van der Waals surface area contributed by atoms with Gasteiger partial charge < -0.3 is 21.1 Å². The highest BCUT2D eigenvalue weighted by Crippen LogP contribution is 2.32. The van der Waals surface area contributed by atoms with Gasteiger partial charge in [0.05, 0.1) is 18.8 Å². The van der Waals surface area contributed by atoms with Gasteiger partial charge in [0.2, 0.25) is 11.8 Å². The molecule has 0 aromatic heterocycles. The third-order valence-electron chi connectivity index (χ3n) is 5.20. The Morgan fingerprint density at radius 1 is 1.19 bits per heavy atom. The van der Waals surface area contributed by atoms with E-state index in [1.165, 1.54) is 0 Å². The highest BCUT2D eigenvalue weighted by molar-refractivity contribution is 5.93. The minimum Gasteiger partial charge on any atom is -0.379 e. The number of carbonyl (C=O) groups excluding carboxylic acids is 2. The van der Waals surface area contributed by atoms with Gasteiger partial charge in [0.1, 0.15) is 6.04 Å². The first-order chi connectivity index (χ1) is 13.1. The summed E-state index contributed by atoms with van der Waals surface area (Å²) in [4.78, 5) is 27.4. The van der Waals surface area contributed by atoms with Crippen molar-refractivity contribution in [2.24, 2.45) is 5.73 Å². The Morgan fingerprint density at radius 3 is 2.56 bits per heavy atom. The molecule has 0 unspecified atom stereocenters. The fraction of sp³-hybridized carbons (Fsp3) is 0.600. The number of hydrogen-bond donors (Lipinski definition) is 3. The molecule has 1 aromatic carbocycles. The van der Waals surface area contributed by atoms with Crippen molar-refractivity contribution in [1.82, 2.24) is 15.5 Å². The van der Waals surface area contributed by atoms with Crippen LogP contribution in [0.1, 0.15) is 24.8 Å². The molecule has 4 N–H and O–H groups in total. The van der Waals surface area contributed by atoms with Gasteiger partial charge in [0, 0.05) is 26.1 Å². The number of rotatable bonds is 9. The summed E-state index contributed by atoms with van der Waals surface area (Å²) in [6.45, 7) is 4.96. The molecule has 148 valence electrons. The molecule has 7 nitrogen and oxygen atoms in total. The molecule has 7 heteroatoms. The van der Waals surface area contributed by atoms with Crippen LogP contribution in [0.3, 0.4) is 0 Å². The highest BCUT2D eigenvalue weighted by atomic mass is 16.5. The van der Waals surface area contributed by atoms with Gasteiger partial charge in [-0.1, -0.05) is 30.3 Å². The third kappa shape index (κ3) is 6.02. The van der Waals surface area contributed by atoms with E-state index in [9.17, 15) is 9.59 Å². The molecule has 1 aliphatic carbocycles. The summed E-state index contributed by atoms with van der Waals surface area (Å²) in [5.74, 6) is -0.384. The number of nitrogens with two attached hydrogens (primary N) is 1. The van der Waals surface area contributed by atoms with Gasteiger partial charge >= 0.3 is 0 Å². The molecule has 3 rings (SSSR count). The zero-order valence-corrected chi connectivity index (χ0v) is 15.8. The molecule has 2 amide bonds. The molecule has 27 heavy (non-hydrogen) atoms. The molecule has 1 saturated heterocycles. The maximum absolute atomic E-state index is 12.7. The smallest absolute Gasteiger partial charge is 0.242 e. The maximum atomic E-state index is 12.7. The van der Waals surface area contributed by atoms with E-state index in [0.717, 1.165) is 44.8 Å². The average Bonchev–Trinajstić information content (AvgIpc) is 3.45. The minimum atomic E-state index is -0.786. The zero-order valence-electron chi connectivity index (χ0n) is 15.8. The van der Waals surface area contributed by atoms with Crippen molar-refractivity contribution in [3.05, 3.63) is 35.9 Å². The summed E-state index contributed by atoms with van der Waals surface area (Å²) < 4.78 is 5.34. The van der Waals surface area contributed by atoms with Gasteiger partial charge in [-0.3, -0.25) is 14.5 Å². The van der Waals surface area contributed by atoms with E-state index in [4.69, 9.17) is 10.5 Å². The molecule has 1 aliphatic heterocycles. The predicted octanol–water partition coefficient (Wildman–Crippen LogP) is 0.0437. The topological polar surface area (TPSA) is 96.7 Å².